The van der Waals surface area contributed by atoms with Crippen molar-refractivity contribution in [2.24, 2.45) is 0 Å². The minimum atomic E-state index is -3.95. The Bertz CT molecular complexity index is 870. The minimum absolute atomic E-state index is 0.0151. The number of aryl methyl sites for hydroxylation is 1. The molecule has 0 bridgehead atoms. The molecule has 0 unspecified atom stereocenters. The van der Waals surface area contributed by atoms with Crippen LogP contribution >= 0.6 is 0 Å². The summed E-state index contributed by atoms with van der Waals surface area (Å²) in [6.45, 7) is 3.10. The predicted octanol–water partition coefficient (Wildman–Crippen LogP) is 2.70. The quantitative estimate of drug-likeness (QED) is 0.819. The number of rotatable bonds is 5. The molecule has 2 N–H and O–H groups in total. The van der Waals surface area contributed by atoms with E-state index in [1.807, 2.05) is 0 Å². The van der Waals surface area contributed by atoms with E-state index >= 15 is 0 Å². The molecule has 2 aromatic rings. The third-order valence-electron chi connectivity index (χ3n) is 3.22. The maximum Gasteiger partial charge on any atom is 0.337 e. The van der Waals surface area contributed by atoms with Crippen molar-refractivity contribution in [1.82, 2.24) is 0 Å². The van der Waals surface area contributed by atoms with Gasteiger partial charge in [-0.2, -0.15) is 0 Å². The number of anilines is 1. The molecule has 0 aromatic heterocycles. The van der Waals surface area contributed by atoms with Crippen LogP contribution in [0.25, 0.3) is 0 Å². The predicted molar refractivity (Wildman–Crippen MR) is 85.4 cm³/mol. The number of ketones is 1. The molecule has 0 aliphatic heterocycles. The molecule has 0 saturated carbocycles. The molecule has 0 heterocycles. The topological polar surface area (TPSA) is 101 Å². The number of hydrogen-bond acceptors (Lipinski definition) is 4. The molecule has 0 atom stereocenters. The number of carboxylic acid groups (broad SMARTS) is 1. The lowest BCUT2D eigenvalue weighted by molar-refractivity contribution is 0.0697. The summed E-state index contributed by atoms with van der Waals surface area (Å²) >= 11 is 0. The Hall–Kier alpha value is -2.67. The summed E-state index contributed by atoms with van der Waals surface area (Å²) < 4.78 is 27.0. The van der Waals surface area contributed by atoms with Gasteiger partial charge in [0.05, 0.1) is 16.1 Å². The average Bonchev–Trinajstić information content (AvgIpc) is 2.48. The molecule has 0 radical (unpaired) electrons. The monoisotopic (exact) mass is 333 g/mol. The third-order valence-corrected chi connectivity index (χ3v) is 4.60. The van der Waals surface area contributed by atoms with Gasteiger partial charge in [0.25, 0.3) is 10.0 Å². The Labute approximate surface area is 133 Å². The molecule has 0 fully saturated rings. The van der Waals surface area contributed by atoms with Crippen LogP contribution in [0.2, 0.25) is 0 Å². The van der Waals surface area contributed by atoms with Crippen LogP contribution in [0.15, 0.2) is 47.4 Å². The van der Waals surface area contributed by atoms with Crippen LogP contribution in [0.1, 0.15) is 33.2 Å². The smallest absolute Gasteiger partial charge is 0.337 e. The Morgan fingerprint density at radius 3 is 2.17 bits per heavy atom. The lowest BCUT2D eigenvalue weighted by Crippen LogP contribution is -2.15. The lowest BCUT2D eigenvalue weighted by Gasteiger charge is -2.11. The van der Waals surface area contributed by atoms with Crippen molar-refractivity contribution >= 4 is 27.5 Å². The maximum atomic E-state index is 12.4. The number of benzene rings is 2. The van der Waals surface area contributed by atoms with Gasteiger partial charge in [0.15, 0.2) is 5.78 Å². The highest BCUT2D eigenvalue weighted by atomic mass is 32.2. The molecular weight excluding hydrogens is 318 g/mol. The Morgan fingerprint density at radius 2 is 1.65 bits per heavy atom. The van der Waals surface area contributed by atoms with E-state index < -0.39 is 16.0 Å². The normalized spacial score (nSPS) is 11.0. The zero-order chi connectivity index (χ0) is 17.2. The van der Waals surface area contributed by atoms with Gasteiger partial charge >= 0.3 is 5.97 Å². The van der Waals surface area contributed by atoms with E-state index in [9.17, 15) is 23.1 Å². The highest BCUT2D eigenvalue weighted by molar-refractivity contribution is 7.92. The zero-order valence-electron chi connectivity index (χ0n) is 12.5. The molecule has 0 aliphatic carbocycles. The molecule has 0 spiro atoms. The van der Waals surface area contributed by atoms with Gasteiger partial charge in [0.2, 0.25) is 0 Å². The Morgan fingerprint density at radius 1 is 1.04 bits per heavy atom. The summed E-state index contributed by atoms with van der Waals surface area (Å²) in [5, 5.41) is 9.18. The number of Topliss-reactive ketones (excluding diaryl/α,β-unsaturated/α-hetero) is 1. The van der Waals surface area contributed by atoms with E-state index in [2.05, 4.69) is 4.72 Å². The van der Waals surface area contributed by atoms with Gasteiger partial charge in [0, 0.05) is 5.56 Å². The van der Waals surface area contributed by atoms with Crippen molar-refractivity contribution < 1.29 is 23.1 Å². The summed E-state index contributed by atoms with van der Waals surface area (Å²) in [4.78, 5) is 22.4. The number of carbonyl (C=O) groups is 2. The second-order valence-corrected chi connectivity index (χ2v) is 6.72. The van der Waals surface area contributed by atoms with Gasteiger partial charge in [-0.1, -0.05) is 23.8 Å². The number of sulfonamides is 1. The van der Waals surface area contributed by atoms with E-state index in [0.717, 1.165) is 0 Å². The SMILES string of the molecule is CC(=O)c1ccc(S(=O)(=O)Nc2ccc(C)cc2C(=O)O)cc1. The number of nitrogens with one attached hydrogen (secondary N) is 1. The molecule has 0 amide bonds. The van der Waals surface area contributed by atoms with Crippen molar-refractivity contribution in [2.75, 3.05) is 4.72 Å². The molecular formula is C16H15NO5S. The lowest BCUT2D eigenvalue weighted by atomic mass is 10.1. The van der Waals surface area contributed by atoms with Gasteiger partial charge in [-0.05, 0) is 38.1 Å². The van der Waals surface area contributed by atoms with E-state index in [0.29, 0.717) is 11.1 Å². The number of carboxylic acids is 1. The molecule has 2 rings (SSSR count). The molecule has 0 aliphatic rings. The highest BCUT2D eigenvalue weighted by Crippen LogP contribution is 2.22. The first-order valence-corrected chi connectivity index (χ1v) is 8.17. The molecule has 2 aromatic carbocycles. The number of aromatic carboxylic acids is 1. The fourth-order valence-corrected chi connectivity index (χ4v) is 3.08. The molecule has 23 heavy (non-hydrogen) atoms. The van der Waals surface area contributed by atoms with Crippen LogP contribution in [0.5, 0.6) is 0 Å². The van der Waals surface area contributed by atoms with Crippen LogP contribution in [0.3, 0.4) is 0 Å². The van der Waals surface area contributed by atoms with E-state index in [-0.39, 0.29) is 21.9 Å². The highest BCUT2D eigenvalue weighted by Gasteiger charge is 2.18. The van der Waals surface area contributed by atoms with Gasteiger partial charge in [-0.3, -0.25) is 9.52 Å². The molecule has 0 saturated heterocycles. The summed E-state index contributed by atoms with van der Waals surface area (Å²) in [7, 11) is -3.95. The standard InChI is InChI=1S/C16H15NO5S/c1-10-3-8-15(14(9-10)16(19)20)17-23(21,22)13-6-4-12(5-7-13)11(2)18/h3-9,17H,1-2H3,(H,19,20). The maximum absolute atomic E-state index is 12.4. The second-order valence-electron chi connectivity index (χ2n) is 5.04. The fraction of sp³-hybridized carbons (Fsp3) is 0.125. The molecule has 7 heteroatoms. The summed E-state index contributed by atoms with van der Waals surface area (Å²) in [5.41, 5.74) is 0.953. The molecule has 120 valence electrons. The fourth-order valence-electron chi connectivity index (χ4n) is 2.00. The van der Waals surface area contributed by atoms with E-state index in [1.165, 1.54) is 43.3 Å². The minimum Gasteiger partial charge on any atom is -0.478 e. The van der Waals surface area contributed by atoms with Crippen LogP contribution in [0, 0.1) is 6.92 Å². The Balaban J connectivity index is 2.39. The number of carbonyl (C=O) groups excluding carboxylic acids is 1. The van der Waals surface area contributed by atoms with Crippen LogP contribution in [-0.4, -0.2) is 25.3 Å². The van der Waals surface area contributed by atoms with Crippen molar-refractivity contribution in [3.8, 4) is 0 Å². The zero-order valence-corrected chi connectivity index (χ0v) is 13.3. The Kier molecular flexibility index (Phi) is 4.51. The van der Waals surface area contributed by atoms with Crippen molar-refractivity contribution in [3.63, 3.8) is 0 Å². The average molecular weight is 333 g/mol. The van der Waals surface area contributed by atoms with Crippen molar-refractivity contribution in [3.05, 3.63) is 59.2 Å². The van der Waals surface area contributed by atoms with Gasteiger partial charge < -0.3 is 5.11 Å². The van der Waals surface area contributed by atoms with Gasteiger partial charge in [-0.25, -0.2) is 13.2 Å². The van der Waals surface area contributed by atoms with Gasteiger partial charge in [0.1, 0.15) is 0 Å². The third kappa shape index (κ3) is 3.75. The van der Waals surface area contributed by atoms with Gasteiger partial charge in [-0.15, -0.1) is 0 Å². The van der Waals surface area contributed by atoms with Crippen LogP contribution < -0.4 is 4.72 Å². The molecule has 6 nitrogen and oxygen atoms in total. The van der Waals surface area contributed by atoms with Crippen molar-refractivity contribution in [1.29, 1.82) is 0 Å². The first kappa shape index (κ1) is 16.7. The van der Waals surface area contributed by atoms with E-state index in [4.69, 9.17) is 0 Å². The first-order chi connectivity index (χ1) is 10.7. The van der Waals surface area contributed by atoms with Crippen molar-refractivity contribution in [2.45, 2.75) is 18.7 Å². The van der Waals surface area contributed by atoms with Crippen LogP contribution in [0.4, 0.5) is 5.69 Å². The van der Waals surface area contributed by atoms with E-state index in [1.54, 1.807) is 13.0 Å². The summed E-state index contributed by atoms with van der Waals surface area (Å²) in [6, 6.07) is 9.82. The van der Waals surface area contributed by atoms with Crippen LogP contribution in [-0.2, 0) is 10.0 Å². The summed E-state index contributed by atoms with van der Waals surface area (Å²) in [6.07, 6.45) is 0. The number of hydrogen-bond donors (Lipinski definition) is 2. The summed E-state index contributed by atoms with van der Waals surface area (Å²) in [5.74, 6) is -1.40. The largest absolute Gasteiger partial charge is 0.478 e. The first-order valence-electron chi connectivity index (χ1n) is 6.68. The second kappa shape index (κ2) is 6.21.